The van der Waals surface area contributed by atoms with E-state index < -0.39 is 27.4 Å². The number of anilines is 1. The number of carbonyl (C=O) groups is 1. The standard InChI is InChI=1S/C18H20N4O5S/c1-3-14-8-10-16(11-9-14)21(28(2,26)27)13-18(23)20-19-12-15-6-4-5-7-17(15)22(24)25/h4-12H,3,13H2,1-2H3,(H,20,23)/b19-12-. The van der Waals surface area contributed by atoms with Crippen molar-refractivity contribution in [1.82, 2.24) is 5.43 Å². The average Bonchev–Trinajstić information content (AvgIpc) is 2.65. The average molecular weight is 404 g/mol. The van der Waals surface area contributed by atoms with E-state index in [1.165, 1.54) is 18.2 Å². The van der Waals surface area contributed by atoms with E-state index in [-0.39, 0.29) is 11.3 Å². The van der Waals surface area contributed by atoms with Gasteiger partial charge >= 0.3 is 0 Å². The van der Waals surface area contributed by atoms with Crippen molar-refractivity contribution in [2.24, 2.45) is 5.10 Å². The summed E-state index contributed by atoms with van der Waals surface area (Å²) in [5, 5.41) is 14.7. The maximum Gasteiger partial charge on any atom is 0.278 e. The van der Waals surface area contributed by atoms with Gasteiger partial charge in [0.15, 0.2) is 0 Å². The van der Waals surface area contributed by atoms with Crippen molar-refractivity contribution in [3.05, 3.63) is 69.8 Å². The molecule has 0 unspecified atom stereocenters. The molecule has 2 aromatic carbocycles. The number of aryl methyl sites for hydroxylation is 1. The first-order valence-corrected chi connectivity index (χ1v) is 10.2. The van der Waals surface area contributed by atoms with E-state index in [0.29, 0.717) is 5.69 Å². The van der Waals surface area contributed by atoms with Crippen LogP contribution in [-0.4, -0.2) is 38.3 Å². The van der Waals surface area contributed by atoms with Crippen molar-refractivity contribution in [3.8, 4) is 0 Å². The Balaban J connectivity index is 2.11. The second-order valence-electron chi connectivity index (χ2n) is 5.90. The Morgan fingerprint density at radius 2 is 1.86 bits per heavy atom. The van der Waals surface area contributed by atoms with E-state index in [1.807, 2.05) is 6.92 Å². The molecular formula is C18H20N4O5S. The molecule has 1 N–H and O–H groups in total. The van der Waals surface area contributed by atoms with Gasteiger partial charge < -0.3 is 0 Å². The molecule has 0 bridgehead atoms. The third-order valence-corrected chi connectivity index (χ3v) is 4.99. The maximum absolute atomic E-state index is 12.1. The van der Waals surface area contributed by atoms with E-state index in [9.17, 15) is 23.3 Å². The SMILES string of the molecule is CCc1ccc(N(CC(=O)N/N=C\c2ccccc2[N+](=O)[O-])S(C)(=O)=O)cc1. The van der Waals surface area contributed by atoms with Gasteiger partial charge in [-0.1, -0.05) is 31.2 Å². The fourth-order valence-corrected chi connectivity index (χ4v) is 3.26. The van der Waals surface area contributed by atoms with Crippen LogP contribution >= 0.6 is 0 Å². The molecule has 28 heavy (non-hydrogen) atoms. The lowest BCUT2D eigenvalue weighted by molar-refractivity contribution is -0.385. The predicted molar refractivity (Wildman–Crippen MR) is 107 cm³/mol. The Morgan fingerprint density at radius 1 is 1.21 bits per heavy atom. The van der Waals surface area contributed by atoms with Crippen LogP contribution in [0.1, 0.15) is 18.1 Å². The van der Waals surface area contributed by atoms with E-state index in [1.54, 1.807) is 30.3 Å². The topological polar surface area (TPSA) is 122 Å². The summed E-state index contributed by atoms with van der Waals surface area (Å²) in [7, 11) is -3.70. The number of rotatable bonds is 8. The first-order chi connectivity index (χ1) is 13.2. The molecule has 0 aliphatic heterocycles. The Morgan fingerprint density at radius 3 is 2.43 bits per heavy atom. The zero-order chi connectivity index (χ0) is 20.7. The van der Waals surface area contributed by atoms with Gasteiger partial charge in [-0.05, 0) is 30.2 Å². The van der Waals surface area contributed by atoms with E-state index >= 15 is 0 Å². The number of hydrogen-bond donors (Lipinski definition) is 1. The van der Waals surface area contributed by atoms with Crippen LogP contribution < -0.4 is 9.73 Å². The molecule has 0 saturated heterocycles. The molecule has 0 radical (unpaired) electrons. The summed E-state index contributed by atoms with van der Waals surface area (Å²) in [6.45, 7) is 1.50. The lowest BCUT2D eigenvalue weighted by Gasteiger charge is -2.21. The zero-order valence-electron chi connectivity index (χ0n) is 15.4. The van der Waals surface area contributed by atoms with Gasteiger partial charge in [0, 0.05) is 6.07 Å². The van der Waals surface area contributed by atoms with E-state index in [4.69, 9.17) is 0 Å². The summed E-state index contributed by atoms with van der Waals surface area (Å²) in [4.78, 5) is 22.5. The van der Waals surface area contributed by atoms with Gasteiger partial charge in [-0.15, -0.1) is 0 Å². The predicted octanol–water partition coefficient (Wildman–Crippen LogP) is 2.07. The highest BCUT2D eigenvalue weighted by Gasteiger charge is 2.20. The molecule has 0 aliphatic carbocycles. The second kappa shape index (κ2) is 9.09. The summed E-state index contributed by atoms with van der Waals surface area (Å²) >= 11 is 0. The Hall–Kier alpha value is -3.27. The van der Waals surface area contributed by atoms with Crippen LogP contribution in [0.5, 0.6) is 0 Å². The highest BCUT2D eigenvalue weighted by Crippen LogP contribution is 2.18. The largest absolute Gasteiger partial charge is 0.278 e. The van der Waals surface area contributed by atoms with Gasteiger partial charge in [-0.25, -0.2) is 13.8 Å². The molecule has 0 aliphatic rings. The van der Waals surface area contributed by atoms with Crippen molar-refractivity contribution >= 4 is 33.5 Å². The van der Waals surface area contributed by atoms with Crippen LogP contribution in [0.25, 0.3) is 0 Å². The number of sulfonamides is 1. The number of nitrogens with one attached hydrogen (secondary N) is 1. The number of carbonyl (C=O) groups excluding carboxylic acids is 1. The highest BCUT2D eigenvalue weighted by molar-refractivity contribution is 7.92. The smallest absolute Gasteiger partial charge is 0.271 e. The normalized spacial score (nSPS) is 11.4. The Labute approximate surface area is 162 Å². The lowest BCUT2D eigenvalue weighted by Crippen LogP contribution is -2.39. The molecular weight excluding hydrogens is 384 g/mol. The van der Waals surface area contributed by atoms with Gasteiger partial charge in [-0.3, -0.25) is 19.2 Å². The number of hydrogen-bond acceptors (Lipinski definition) is 6. The third kappa shape index (κ3) is 5.61. The van der Waals surface area contributed by atoms with Crippen molar-refractivity contribution in [3.63, 3.8) is 0 Å². The van der Waals surface area contributed by atoms with Gasteiger partial charge in [0.05, 0.1) is 28.6 Å². The minimum absolute atomic E-state index is 0.158. The van der Waals surface area contributed by atoms with Crippen LogP contribution in [0, 0.1) is 10.1 Å². The second-order valence-corrected chi connectivity index (χ2v) is 7.81. The number of benzene rings is 2. The van der Waals surface area contributed by atoms with Gasteiger partial charge in [0.2, 0.25) is 10.0 Å². The number of nitrogens with zero attached hydrogens (tertiary/aromatic N) is 3. The van der Waals surface area contributed by atoms with Crippen LogP contribution in [0.4, 0.5) is 11.4 Å². The molecule has 0 saturated carbocycles. The number of nitro benzene ring substituents is 1. The van der Waals surface area contributed by atoms with Crippen molar-refractivity contribution in [1.29, 1.82) is 0 Å². The first kappa shape index (κ1) is 21.0. The number of para-hydroxylation sites is 1. The minimum Gasteiger partial charge on any atom is -0.271 e. The zero-order valence-corrected chi connectivity index (χ0v) is 16.2. The maximum atomic E-state index is 12.1. The summed E-state index contributed by atoms with van der Waals surface area (Å²) in [5.41, 5.74) is 3.64. The van der Waals surface area contributed by atoms with Gasteiger partial charge in [-0.2, -0.15) is 5.10 Å². The van der Waals surface area contributed by atoms with Crippen LogP contribution in [0.15, 0.2) is 53.6 Å². The summed E-state index contributed by atoms with van der Waals surface area (Å²) in [6.07, 6.45) is 2.95. The summed E-state index contributed by atoms with van der Waals surface area (Å²) < 4.78 is 25.1. The molecule has 0 atom stereocenters. The van der Waals surface area contributed by atoms with Crippen molar-refractivity contribution in [2.75, 3.05) is 17.1 Å². The molecule has 0 aromatic heterocycles. The fraction of sp³-hybridized carbons (Fsp3) is 0.222. The third-order valence-electron chi connectivity index (χ3n) is 3.85. The molecule has 0 heterocycles. The van der Waals surface area contributed by atoms with Crippen molar-refractivity contribution < 1.29 is 18.1 Å². The molecule has 1 amide bonds. The van der Waals surface area contributed by atoms with Crippen LogP contribution in [0.3, 0.4) is 0 Å². The molecule has 2 rings (SSSR count). The molecule has 10 heteroatoms. The molecule has 0 spiro atoms. The fourth-order valence-electron chi connectivity index (χ4n) is 2.40. The number of amides is 1. The number of hydrazone groups is 1. The van der Waals surface area contributed by atoms with Gasteiger partial charge in [0.25, 0.3) is 11.6 Å². The van der Waals surface area contributed by atoms with Crippen LogP contribution in [0.2, 0.25) is 0 Å². The molecule has 9 nitrogen and oxygen atoms in total. The first-order valence-electron chi connectivity index (χ1n) is 8.34. The monoisotopic (exact) mass is 404 g/mol. The quantitative estimate of drug-likeness (QED) is 0.410. The summed E-state index contributed by atoms with van der Waals surface area (Å²) in [5.74, 6) is -0.681. The Kier molecular flexibility index (Phi) is 6.83. The number of nitro groups is 1. The summed E-state index contributed by atoms with van der Waals surface area (Å²) in [6, 6.07) is 12.7. The molecule has 0 fully saturated rings. The lowest BCUT2D eigenvalue weighted by atomic mass is 10.1. The minimum atomic E-state index is -3.70. The van der Waals surface area contributed by atoms with E-state index in [2.05, 4.69) is 10.5 Å². The van der Waals surface area contributed by atoms with Gasteiger partial charge in [0.1, 0.15) is 6.54 Å². The Bertz CT molecular complexity index is 987. The molecule has 2 aromatic rings. The molecule has 148 valence electrons. The van der Waals surface area contributed by atoms with E-state index in [0.717, 1.165) is 28.8 Å². The van der Waals surface area contributed by atoms with Crippen LogP contribution in [-0.2, 0) is 21.2 Å². The highest BCUT2D eigenvalue weighted by atomic mass is 32.2. The van der Waals surface area contributed by atoms with Crippen molar-refractivity contribution in [2.45, 2.75) is 13.3 Å².